The summed E-state index contributed by atoms with van der Waals surface area (Å²) in [4.78, 5) is 8.56. The smallest absolute Gasteiger partial charge is 0.237 e. The Labute approximate surface area is 141 Å². The third kappa shape index (κ3) is 2.77. The highest BCUT2D eigenvalue weighted by atomic mass is 32.2. The van der Waals surface area contributed by atoms with Gasteiger partial charge in [-0.3, -0.25) is 0 Å². The summed E-state index contributed by atoms with van der Waals surface area (Å²) in [6.45, 7) is 0.220. The lowest BCUT2D eigenvalue weighted by molar-refractivity contribution is 0.174. The lowest BCUT2D eigenvalue weighted by Gasteiger charge is -1.99. The van der Waals surface area contributed by atoms with Crippen molar-refractivity contribution in [3.05, 3.63) is 48.0 Å². The molecule has 0 atom stereocenters. The van der Waals surface area contributed by atoms with E-state index in [0.717, 1.165) is 5.56 Å². The van der Waals surface area contributed by atoms with E-state index in [-0.39, 0.29) is 6.79 Å². The van der Waals surface area contributed by atoms with E-state index < -0.39 is 0 Å². The van der Waals surface area contributed by atoms with Crippen molar-refractivity contribution in [2.75, 3.05) is 6.79 Å². The number of hydrogen-bond acceptors (Lipinski definition) is 8. The van der Waals surface area contributed by atoms with Crippen LogP contribution in [-0.4, -0.2) is 21.9 Å². The Morgan fingerprint density at radius 3 is 3.04 bits per heavy atom. The zero-order chi connectivity index (χ0) is 16.4. The van der Waals surface area contributed by atoms with E-state index in [4.69, 9.17) is 19.3 Å². The first-order valence-electron chi connectivity index (χ1n) is 7.04. The lowest BCUT2D eigenvalue weighted by atomic mass is 10.2. The van der Waals surface area contributed by atoms with Crippen LogP contribution in [0.25, 0.3) is 11.4 Å². The minimum atomic E-state index is 0.220. The number of thioether (sulfide) groups is 1. The van der Waals surface area contributed by atoms with Crippen LogP contribution >= 0.6 is 11.8 Å². The van der Waals surface area contributed by atoms with Gasteiger partial charge in [0.2, 0.25) is 18.5 Å². The molecule has 3 aromatic rings. The van der Waals surface area contributed by atoms with Gasteiger partial charge in [-0.25, -0.2) is 4.98 Å². The topological polar surface area (TPSA) is 94.1 Å². The maximum atomic E-state index is 9.07. The Bertz CT molecular complexity index is 935. The highest BCUT2D eigenvalue weighted by molar-refractivity contribution is 7.98. The molecule has 2 aromatic heterocycles. The van der Waals surface area contributed by atoms with E-state index in [1.54, 1.807) is 18.3 Å². The second-order valence-electron chi connectivity index (χ2n) is 4.84. The van der Waals surface area contributed by atoms with Crippen LogP contribution in [0.2, 0.25) is 0 Å². The van der Waals surface area contributed by atoms with Crippen molar-refractivity contribution in [2.45, 2.75) is 10.8 Å². The minimum Gasteiger partial charge on any atom is -0.454 e. The quantitative estimate of drug-likeness (QED) is 0.670. The molecule has 24 heavy (non-hydrogen) atoms. The van der Waals surface area contributed by atoms with Crippen molar-refractivity contribution in [1.82, 2.24) is 15.1 Å². The van der Waals surface area contributed by atoms with Crippen LogP contribution in [0.1, 0.15) is 11.5 Å². The fraction of sp³-hybridized carbons (Fsp3) is 0.125. The second kappa shape index (κ2) is 6.22. The highest BCUT2D eigenvalue weighted by Gasteiger charge is 2.17. The summed E-state index contributed by atoms with van der Waals surface area (Å²) in [5.74, 6) is 2.74. The number of benzene rings is 1. The molecular weight excluding hydrogens is 328 g/mol. The normalized spacial score (nSPS) is 12.1. The van der Waals surface area contributed by atoms with Crippen LogP contribution in [-0.2, 0) is 5.75 Å². The molecule has 0 saturated carbocycles. The van der Waals surface area contributed by atoms with Gasteiger partial charge < -0.3 is 14.0 Å². The monoisotopic (exact) mass is 338 g/mol. The van der Waals surface area contributed by atoms with Gasteiger partial charge in [-0.2, -0.15) is 10.2 Å². The van der Waals surface area contributed by atoms with E-state index in [1.165, 1.54) is 11.8 Å². The zero-order valence-electron chi connectivity index (χ0n) is 12.3. The number of hydrogen-bond donors (Lipinski definition) is 0. The molecule has 4 rings (SSSR count). The molecule has 0 bridgehead atoms. The molecule has 0 spiro atoms. The Kier molecular flexibility index (Phi) is 3.76. The predicted octanol–water partition coefficient (Wildman–Crippen LogP) is 3.02. The number of nitriles is 1. The molecule has 0 fully saturated rings. The summed E-state index contributed by atoms with van der Waals surface area (Å²) >= 11 is 1.38. The molecule has 0 N–H and O–H groups in total. The number of aromatic nitrogens is 3. The van der Waals surface area contributed by atoms with Gasteiger partial charge in [0.25, 0.3) is 0 Å². The van der Waals surface area contributed by atoms with Gasteiger partial charge in [0.1, 0.15) is 11.1 Å². The zero-order valence-corrected chi connectivity index (χ0v) is 13.1. The van der Waals surface area contributed by atoms with Gasteiger partial charge in [0.15, 0.2) is 11.5 Å². The Balaban J connectivity index is 1.50. The minimum absolute atomic E-state index is 0.220. The lowest BCUT2D eigenvalue weighted by Crippen LogP contribution is -1.92. The Morgan fingerprint density at radius 1 is 1.21 bits per heavy atom. The van der Waals surface area contributed by atoms with E-state index in [1.807, 2.05) is 18.2 Å². The van der Waals surface area contributed by atoms with Gasteiger partial charge >= 0.3 is 0 Å². The number of rotatable bonds is 4. The van der Waals surface area contributed by atoms with Crippen LogP contribution in [0.3, 0.4) is 0 Å². The van der Waals surface area contributed by atoms with Crippen molar-refractivity contribution < 1.29 is 14.0 Å². The fourth-order valence-electron chi connectivity index (χ4n) is 2.19. The fourth-order valence-corrected chi connectivity index (χ4v) is 2.97. The Hall–Kier alpha value is -3.05. The number of fused-ring (bicyclic) bond motifs is 1. The standard InChI is InChI=1S/C16H10N4O3S/c17-7-11-2-1-5-18-16(11)24-8-14-19-15(20-23-14)10-3-4-12-13(6-10)22-9-21-12/h1-6H,8-9H2. The molecule has 0 amide bonds. The third-order valence-corrected chi connectivity index (χ3v) is 4.31. The molecule has 0 unspecified atom stereocenters. The van der Waals surface area contributed by atoms with Crippen LogP contribution in [0.5, 0.6) is 11.5 Å². The van der Waals surface area contributed by atoms with Gasteiger partial charge in [-0.05, 0) is 30.3 Å². The van der Waals surface area contributed by atoms with E-state index in [0.29, 0.717) is 39.6 Å². The van der Waals surface area contributed by atoms with Crippen LogP contribution in [0, 0.1) is 11.3 Å². The average Bonchev–Trinajstić information content (AvgIpc) is 3.28. The summed E-state index contributed by atoms with van der Waals surface area (Å²) < 4.78 is 15.9. The summed E-state index contributed by atoms with van der Waals surface area (Å²) in [6.07, 6.45) is 1.65. The summed E-state index contributed by atoms with van der Waals surface area (Å²) in [5, 5.41) is 13.7. The first kappa shape index (κ1) is 14.5. The molecule has 7 nitrogen and oxygen atoms in total. The van der Waals surface area contributed by atoms with Gasteiger partial charge in [-0.15, -0.1) is 0 Å². The summed E-state index contributed by atoms with van der Waals surface area (Å²) in [5.41, 5.74) is 1.31. The van der Waals surface area contributed by atoms with Gasteiger partial charge in [-0.1, -0.05) is 16.9 Å². The molecule has 0 radical (unpaired) electrons. The molecule has 1 aromatic carbocycles. The first-order chi connectivity index (χ1) is 11.8. The first-order valence-corrected chi connectivity index (χ1v) is 8.02. The van der Waals surface area contributed by atoms with E-state index >= 15 is 0 Å². The molecule has 1 aliphatic heterocycles. The predicted molar refractivity (Wildman–Crippen MR) is 84.4 cm³/mol. The van der Waals surface area contributed by atoms with Crippen molar-refractivity contribution in [3.8, 4) is 29.0 Å². The average molecular weight is 338 g/mol. The van der Waals surface area contributed by atoms with E-state index in [9.17, 15) is 0 Å². The SMILES string of the molecule is N#Cc1cccnc1SCc1nc(-c2ccc3c(c2)OCO3)no1. The number of nitrogens with zero attached hydrogens (tertiary/aromatic N) is 4. The molecule has 0 saturated heterocycles. The van der Waals surface area contributed by atoms with Crippen LogP contribution in [0.15, 0.2) is 46.1 Å². The van der Waals surface area contributed by atoms with Crippen LogP contribution in [0.4, 0.5) is 0 Å². The van der Waals surface area contributed by atoms with Gasteiger partial charge in [0, 0.05) is 11.8 Å². The number of pyridine rings is 1. The third-order valence-electron chi connectivity index (χ3n) is 3.32. The van der Waals surface area contributed by atoms with E-state index in [2.05, 4.69) is 21.2 Å². The van der Waals surface area contributed by atoms with Crippen molar-refractivity contribution in [3.63, 3.8) is 0 Å². The summed E-state index contributed by atoms with van der Waals surface area (Å²) in [6, 6.07) is 11.0. The summed E-state index contributed by atoms with van der Waals surface area (Å²) in [7, 11) is 0. The molecular formula is C16H10N4O3S. The molecule has 3 heterocycles. The Morgan fingerprint density at radius 2 is 2.12 bits per heavy atom. The molecule has 0 aliphatic carbocycles. The van der Waals surface area contributed by atoms with Crippen LogP contribution < -0.4 is 9.47 Å². The largest absolute Gasteiger partial charge is 0.454 e. The highest BCUT2D eigenvalue weighted by Crippen LogP contribution is 2.35. The second-order valence-corrected chi connectivity index (χ2v) is 5.80. The van der Waals surface area contributed by atoms with Crippen molar-refractivity contribution in [2.24, 2.45) is 0 Å². The molecule has 8 heteroatoms. The maximum absolute atomic E-state index is 9.07. The van der Waals surface area contributed by atoms with Crippen molar-refractivity contribution in [1.29, 1.82) is 5.26 Å². The van der Waals surface area contributed by atoms with Gasteiger partial charge in [0.05, 0.1) is 11.3 Å². The molecule has 118 valence electrons. The van der Waals surface area contributed by atoms with Crippen molar-refractivity contribution >= 4 is 11.8 Å². The number of ether oxygens (including phenoxy) is 2. The maximum Gasteiger partial charge on any atom is 0.237 e. The molecule has 1 aliphatic rings.